The number of H-pyrrole nitrogens is 1. The zero-order valence-corrected chi connectivity index (χ0v) is 17.0. The molecule has 2 aromatic carbocycles. The Labute approximate surface area is 172 Å². The molecular formula is C21H21N5O2S. The molecule has 29 heavy (non-hydrogen) atoms. The number of nitrogens with one attached hydrogen (secondary N) is 2. The number of fused-ring (bicyclic) bond motifs is 3. The van der Waals surface area contributed by atoms with Gasteiger partial charge in [0.2, 0.25) is 11.1 Å². The van der Waals surface area contributed by atoms with Crippen LogP contribution in [0.4, 0.5) is 5.69 Å². The first kappa shape index (κ1) is 19.2. The average molecular weight is 407 g/mol. The fourth-order valence-electron chi connectivity index (χ4n) is 3.07. The van der Waals surface area contributed by atoms with Crippen molar-refractivity contribution in [2.45, 2.75) is 30.7 Å². The first-order valence-electron chi connectivity index (χ1n) is 9.50. The zero-order chi connectivity index (χ0) is 20.2. The number of hydrogen-bond donors (Lipinski definition) is 2. The summed E-state index contributed by atoms with van der Waals surface area (Å²) in [6, 6.07) is 15.3. The Morgan fingerprint density at radius 1 is 1.14 bits per heavy atom. The lowest BCUT2D eigenvalue weighted by Crippen LogP contribution is -2.25. The summed E-state index contributed by atoms with van der Waals surface area (Å²) in [6.45, 7) is 4.40. The molecular weight excluding hydrogens is 386 g/mol. The second kappa shape index (κ2) is 8.48. The van der Waals surface area contributed by atoms with Crippen LogP contribution in [0.25, 0.3) is 22.1 Å². The standard InChI is InChI=1S/C21H21N5O2S/c1-3-17(20(27)23-15-11-7-8-12-16(15)28-4-2)29-21-24-19-18(25-26-21)13-9-5-6-10-14(13)22-19/h5-12,17H,3-4H2,1-2H3,(H,23,27)(H,22,24,26). The van der Waals surface area contributed by atoms with Gasteiger partial charge in [0.1, 0.15) is 11.3 Å². The van der Waals surface area contributed by atoms with Crippen molar-refractivity contribution >= 4 is 45.4 Å². The van der Waals surface area contributed by atoms with Gasteiger partial charge >= 0.3 is 0 Å². The van der Waals surface area contributed by atoms with E-state index < -0.39 is 0 Å². The highest BCUT2D eigenvalue weighted by Gasteiger charge is 2.21. The molecule has 0 radical (unpaired) electrons. The lowest BCUT2D eigenvalue weighted by Gasteiger charge is -2.15. The highest BCUT2D eigenvalue weighted by atomic mass is 32.2. The molecule has 1 atom stereocenters. The van der Waals surface area contributed by atoms with E-state index in [9.17, 15) is 4.79 Å². The van der Waals surface area contributed by atoms with Gasteiger partial charge in [-0.15, -0.1) is 10.2 Å². The average Bonchev–Trinajstić information content (AvgIpc) is 3.11. The third kappa shape index (κ3) is 4.02. The molecule has 0 aliphatic rings. The number of hydrogen-bond acceptors (Lipinski definition) is 6. The Balaban J connectivity index is 1.54. The highest BCUT2D eigenvalue weighted by Crippen LogP contribution is 2.29. The largest absolute Gasteiger partial charge is 0.492 e. The number of para-hydroxylation sites is 3. The molecule has 0 spiro atoms. The van der Waals surface area contributed by atoms with E-state index in [-0.39, 0.29) is 11.2 Å². The summed E-state index contributed by atoms with van der Waals surface area (Å²) >= 11 is 1.30. The van der Waals surface area contributed by atoms with Gasteiger partial charge in [-0.05, 0) is 31.5 Å². The summed E-state index contributed by atoms with van der Waals surface area (Å²) in [4.78, 5) is 20.7. The Hall–Kier alpha value is -3.13. The molecule has 148 valence electrons. The van der Waals surface area contributed by atoms with E-state index in [0.717, 1.165) is 16.4 Å². The van der Waals surface area contributed by atoms with E-state index in [2.05, 4.69) is 25.5 Å². The quantitative estimate of drug-likeness (QED) is 0.441. The minimum Gasteiger partial charge on any atom is -0.492 e. The summed E-state index contributed by atoms with van der Waals surface area (Å²) < 4.78 is 5.59. The van der Waals surface area contributed by atoms with Crippen LogP contribution in [-0.2, 0) is 4.79 Å². The SMILES string of the molecule is CCOc1ccccc1NC(=O)C(CC)Sc1nnc2c(n1)[nH]c1ccccc12. The molecule has 0 saturated carbocycles. The number of thioether (sulfide) groups is 1. The number of benzene rings is 2. The van der Waals surface area contributed by atoms with Gasteiger partial charge in [-0.3, -0.25) is 4.79 Å². The predicted molar refractivity (Wildman–Crippen MR) is 115 cm³/mol. The van der Waals surface area contributed by atoms with Gasteiger partial charge in [-0.1, -0.05) is 49.0 Å². The third-order valence-electron chi connectivity index (χ3n) is 4.46. The molecule has 0 fully saturated rings. The maximum absolute atomic E-state index is 12.8. The molecule has 1 amide bonds. The van der Waals surface area contributed by atoms with Crippen molar-refractivity contribution in [3.63, 3.8) is 0 Å². The molecule has 0 aliphatic heterocycles. The summed E-state index contributed by atoms with van der Waals surface area (Å²) in [6.07, 6.45) is 0.626. The fourth-order valence-corrected chi connectivity index (χ4v) is 3.89. The molecule has 2 aromatic heterocycles. The third-order valence-corrected chi connectivity index (χ3v) is 5.67. The number of nitrogens with zero attached hydrogens (tertiary/aromatic N) is 3. The maximum Gasteiger partial charge on any atom is 0.238 e. The minimum absolute atomic E-state index is 0.120. The van der Waals surface area contributed by atoms with Crippen molar-refractivity contribution in [1.82, 2.24) is 20.2 Å². The fraction of sp³-hybridized carbons (Fsp3) is 0.238. The van der Waals surface area contributed by atoms with Crippen molar-refractivity contribution < 1.29 is 9.53 Å². The smallest absolute Gasteiger partial charge is 0.238 e. The maximum atomic E-state index is 12.8. The van der Waals surface area contributed by atoms with E-state index in [4.69, 9.17) is 4.74 Å². The van der Waals surface area contributed by atoms with Gasteiger partial charge in [-0.25, -0.2) is 4.98 Å². The first-order chi connectivity index (χ1) is 14.2. The van der Waals surface area contributed by atoms with Crippen LogP contribution >= 0.6 is 11.8 Å². The first-order valence-corrected chi connectivity index (χ1v) is 10.4. The summed E-state index contributed by atoms with van der Waals surface area (Å²) in [5.41, 5.74) is 3.01. The van der Waals surface area contributed by atoms with Crippen molar-refractivity contribution in [2.24, 2.45) is 0 Å². The topological polar surface area (TPSA) is 92.8 Å². The number of rotatable bonds is 7. The normalized spacial score (nSPS) is 12.2. The van der Waals surface area contributed by atoms with E-state index in [1.165, 1.54) is 11.8 Å². The number of aromatic nitrogens is 4. The van der Waals surface area contributed by atoms with Crippen molar-refractivity contribution in [3.05, 3.63) is 48.5 Å². The molecule has 4 aromatic rings. The van der Waals surface area contributed by atoms with Crippen LogP contribution in [-0.4, -0.2) is 37.9 Å². The lowest BCUT2D eigenvalue weighted by atomic mass is 10.2. The summed E-state index contributed by atoms with van der Waals surface area (Å²) in [5, 5.41) is 12.6. The minimum atomic E-state index is -0.353. The molecule has 2 heterocycles. The Morgan fingerprint density at radius 3 is 2.76 bits per heavy atom. The number of aromatic amines is 1. The monoisotopic (exact) mass is 407 g/mol. The van der Waals surface area contributed by atoms with Gasteiger partial charge in [0.25, 0.3) is 0 Å². The molecule has 8 heteroatoms. The molecule has 0 saturated heterocycles. The number of ether oxygens (including phenoxy) is 1. The Kier molecular flexibility index (Phi) is 5.62. The van der Waals surface area contributed by atoms with E-state index in [1.807, 2.05) is 62.4 Å². The van der Waals surface area contributed by atoms with Crippen LogP contribution in [0.5, 0.6) is 5.75 Å². The van der Waals surface area contributed by atoms with Crippen LogP contribution in [0.3, 0.4) is 0 Å². The number of carbonyl (C=O) groups is 1. The molecule has 1 unspecified atom stereocenters. The molecule has 7 nitrogen and oxygen atoms in total. The van der Waals surface area contributed by atoms with Gasteiger partial charge in [0, 0.05) is 10.9 Å². The van der Waals surface area contributed by atoms with Gasteiger partial charge in [0.15, 0.2) is 5.65 Å². The van der Waals surface area contributed by atoms with Crippen molar-refractivity contribution in [3.8, 4) is 5.75 Å². The van der Waals surface area contributed by atoms with Crippen LogP contribution < -0.4 is 10.1 Å². The molecule has 0 aliphatic carbocycles. The summed E-state index contributed by atoms with van der Waals surface area (Å²) in [5.74, 6) is 0.533. The van der Waals surface area contributed by atoms with Gasteiger partial charge in [-0.2, -0.15) is 0 Å². The predicted octanol–water partition coefficient (Wildman–Crippen LogP) is 4.41. The van der Waals surface area contributed by atoms with Crippen LogP contribution in [0.15, 0.2) is 53.7 Å². The van der Waals surface area contributed by atoms with Crippen LogP contribution in [0.1, 0.15) is 20.3 Å². The number of anilines is 1. The van der Waals surface area contributed by atoms with E-state index in [0.29, 0.717) is 35.3 Å². The molecule has 4 rings (SSSR count). The molecule has 0 bridgehead atoms. The van der Waals surface area contributed by atoms with Crippen LogP contribution in [0.2, 0.25) is 0 Å². The molecule has 2 N–H and O–H groups in total. The number of carbonyl (C=O) groups excluding carboxylic acids is 1. The van der Waals surface area contributed by atoms with Crippen molar-refractivity contribution in [2.75, 3.05) is 11.9 Å². The van der Waals surface area contributed by atoms with E-state index >= 15 is 0 Å². The van der Waals surface area contributed by atoms with Crippen LogP contribution in [0, 0.1) is 0 Å². The highest BCUT2D eigenvalue weighted by molar-refractivity contribution is 8.00. The Bertz CT molecular complexity index is 1160. The van der Waals surface area contributed by atoms with E-state index in [1.54, 1.807) is 0 Å². The lowest BCUT2D eigenvalue weighted by molar-refractivity contribution is -0.115. The van der Waals surface area contributed by atoms with Crippen molar-refractivity contribution in [1.29, 1.82) is 0 Å². The zero-order valence-electron chi connectivity index (χ0n) is 16.2. The second-order valence-corrected chi connectivity index (χ2v) is 7.57. The van der Waals surface area contributed by atoms with Gasteiger partial charge in [0.05, 0.1) is 17.5 Å². The summed E-state index contributed by atoms with van der Waals surface area (Å²) in [7, 11) is 0. The number of amides is 1. The van der Waals surface area contributed by atoms with Gasteiger partial charge < -0.3 is 15.0 Å². The second-order valence-electron chi connectivity index (χ2n) is 6.40. The Morgan fingerprint density at radius 2 is 1.93 bits per heavy atom.